The van der Waals surface area contributed by atoms with Gasteiger partial charge >= 0.3 is 0 Å². The summed E-state index contributed by atoms with van der Waals surface area (Å²) >= 11 is 0. The van der Waals surface area contributed by atoms with Crippen molar-refractivity contribution in [3.05, 3.63) is 53.3 Å². The molecule has 1 fully saturated rings. The number of nitrogens with zero attached hydrogens (tertiary/aromatic N) is 4. The zero-order valence-electron chi connectivity index (χ0n) is 16.7. The van der Waals surface area contributed by atoms with Crippen molar-refractivity contribution < 1.29 is 4.74 Å². The summed E-state index contributed by atoms with van der Waals surface area (Å²) in [4.78, 5) is 6.77. The molecular formula is C20H31IN6O. The standard InChI is InChI=1S/C20H30N6O.HI/c1-17-13-24-26(15-17)8-7-22-20(21-2)23-14-18-5-3-4-6-19(18)16-25-9-11-27-12-10-25;/h3-6,13,15H,7-12,14,16H2,1-2H3,(H2,21,22,23);1H. The molecule has 1 aliphatic heterocycles. The largest absolute Gasteiger partial charge is 0.379 e. The van der Waals surface area contributed by atoms with Crippen molar-refractivity contribution >= 4 is 29.9 Å². The summed E-state index contributed by atoms with van der Waals surface area (Å²) in [7, 11) is 1.80. The van der Waals surface area contributed by atoms with Crippen LogP contribution in [-0.2, 0) is 24.4 Å². The average molecular weight is 498 g/mol. The van der Waals surface area contributed by atoms with E-state index in [0.29, 0.717) is 0 Å². The monoisotopic (exact) mass is 498 g/mol. The van der Waals surface area contributed by atoms with Gasteiger partial charge in [0.25, 0.3) is 0 Å². The molecule has 0 atom stereocenters. The predicted octanol–water partition coefficient (Wildman–Crippen LogP) is 2.01. The van der Waals surface area contributed by atoms with E-state index in [1.807, 2.05) is 24.0 Å². The first-order valence-electron chi connectivity index (χ1n) is 9.55. The minimum absolute atomic E-state index is 0. The Morgan fingerprint density at radius 1 is 1.18 bits per heavy atom. The number of aliphatic imine (C=N–C) groups is 1. The van der Waals surface area contributed by atoms with Crippen LogP contribution in [0.1, 0.15) is 16.7 Å². The van der Waals surface area contributed by atoms with Crippen LogP contribution in [0.25, 0.3) is 0 Å². The van der Waals surface area contributed by atoms with Crippen molar-refractivity contribution in [2.24, 2.45) is 4.99 Å². The Morgan fingerprint density at radius 2 is 1.93 bits per heavy atom. The highest BCUT2D eigenvalue weighted by Crippen LogP contribution is 2.13. The zero-order valence-corrected chi connectivity index (χ0v) is 19.1. The molecule has 28 heavy (non-hydrogen) atoms. The molecule has 7 nitrogen and oxygen atoms in total. The Kier molecular flexibility index (Phi) is 9.72. The van der Waals surface area contributed by atoms with Gasteiger partial charge in [-0.15, -0.1) is 24.0 Å². The van der Waals surface area contributed by atoms with Gasteiger partial charge in [-0.25, -0.2) is 0 Å². The van der Waals surface area contributed by atoms with E-state index in [-0.39, 0.29) is 24.0 Å². The van der Waals surface area contributed by atoms with Crippen molar-refractivity contribution in [2.45, 2.75) is 26.6 Å². The predicted molar refractivity (Wildman–Crippen MR) is 123 cm³/mol. The number of halogens is 1. The third kappa shape index (κ3) is 7.06. The van der Waals surface area contributed by atoms with Crippen LogP contribution >= 0.6 is 24.0 Å². The molecule has 1 aromatic heterocycles. The molecule has 1 aliphatic rings. The summed E-state index contributed by atoms with van der Waals surface area (Å²) in [5.41, 5.74) is 3.83. The second kappa shape index (κ2) is 12.0. The van der Waals surface area contributed by atoms with Crippen LogP contribution in [0.4, 0.5) is 0 Å². The van der Waals surface area contributed by atoms with Gasteiger partial charge in [-0.1, -0.05) is 24.3 Å². The summed E-state index contributed by atoms with van der Waals surface area (Å²) in [6.07, 6.45) is 3.91. The van der Waals surface area contributed by atoms with Crippen molar-refractivity contribution in [1.82, 2.24) is 25.3 Å². The minimum atomic E-state index is 0. The molecule has 0 bridgehead atoms. The van der Waals surface area contributed by atoms with E-state index in [9.17, 15) is 0 Å². The molecule has 0 saturated carbocycles. The van der Waals surface area contributed by atoms with Crippen molar-refractivity contribution in [3.63, 3.8) is 0 Å². The van der Waals surface area contributed by atoms with Crippen LogP contribution in [0, 0.1) is 6.92 Å². The van der Waals surface area contributed by atoms with Gasteiger partial charge in [0.15, 0.2) is 5.96 Å². The van der Waals surface area contributed by atoms with E-state index in [1.165, 1.54) is 16.7 Å². The zero-order chi connectivity index (χ0) is 18.9. The van der Waals surface area contributed by atoms with E-state index in [1.54, 1.807) is 7.05 Å². The number of guanidine groups is 1. The van der Waals surface area contributed by atoms with E-state index < -0.39 is 0 Å². The number of hydrogen-bond acceptors (Lipinski definition) is 4. The van der Waals surface area contributed by atoms with Gasteiger partial charge in [0, 0.05) is 46.0 Å². The molecule has 0 radical (unpaired) electrons. The van der Waals surface area contributed by atoms with Gasteiger partial charge < -0.3 is 15.4 Å². The number of aryl methyl sites for hydroxylation is 1. The number of morpholine rings is 1. The number of ether oxygens (including phenoxy) is 1. The highest BCUT2D eigenvalue weighted by molar-refractivity contribution is 14.0. The van der Waals surface area contributed by atoms with Gasteiger partial charge in [0.05, 0.1) is 26.0 Å². The summed E-state index contributed by atoms with van der Waals surface area (Å²) in [5, 5.41) is 11.1. The molecule has 2 heterocycles. The van der Waals surface area contributed by atoms with E-state index >= 15 is 0 Å². The molecule has 0 amide bonds. The Hall–Kier alpha value is -1.65. The molecule has 1 saturated heterocycles. The first-order chi connectivity index (χ1) is 13.2. The van der Waals surface area contributed by atoms with Gasteiger partial charge in [-0.3, -0.25) is 14.6 Å². The van der Waals surface area contributed by atoms with Gasteiger partial charge in [-0.2, -0.15) is 5.10 Å². The summed E-state index contributed by atoms with van der Waals surface area (Å²) in [6, 6.07) is 8.60. The van der Waals surface area contributed by atoms with Crippen LogP contribution in [0.15, 0.2) is 41.7 Å². The fourth-order valence-corrected chi connectivity index (χ4v) is 3.16. The molecule has 0 unspecified atom stereocenters. The van der Waals surface area contributed by atoms with Crippen molar-refractivity contribution in [1.29, 1.82) is 0 Å². The highest BCUT2D eigenvalue weighted by atomic mass is 127. The topological polar surface area (TPSA) is 66.7 Å². The molecular weight excluding hydrogens is 467 g/mol. The number of rotatable bonds is 7. The van der Waals surface area contributed by atoms with E-state index in [2.05, 4.69) is 49.9 Å². The van der Waals surface area contributed by atoms with Gasteiger partial charge in [0.1, 0.15) is 0 Å². The molecule has 2 aromatic rings. The molecule has 2 N–H and O–H groups in total. The Morgan fingerprint density at radius 3 is 2.61 bits per heavy atom. The number of nitrogens with one attached hydrogen (secondary N) is 2. The lowest BCUT2D eigenvalue weighted by Gasteiger charge is -2.27. The number of hydrogen-bond donors (Lipinski definition) is 2. The van der Waals surface area contributed by atoms with Crippen LogP contribution in [-0.4, -0.2) is 60.5 Å². The SMILES string of the molecule is CN=C(NCCn1cc(C)cn1)NCc1ccccc1CN1CCOCC1.I. The first-order valence-corrected chi connectivity index (χ1v) is 9.55. The molecule has 0 spiro atoms. The van der Waals surface area contributed by atoms with Crippen LogP contribution in [0.5, 0.6) is 0 Å². The highest BCUT2D eigenvalue weighted by Gasteiger charge is 2.12. The maximum atomic E-state index is 5.45. The van der Waals surface area contributed by atoms with Crippen LogP contribution in [0.3, 0.4) is 0 Å². The minimum Gasteiger partial charge on any atom is -0.379 e. The number of aromatic nitrogens is 2. The van der Waals surface area contributed by atoms with E-state index in [0.717, 1.165) is 58.4 Å². The lowest BCUT2D eigenvalue weighted by Crippen LogP contribution is -2.39. The van der Waals surface area contributed by atoms with Crippen LogP contribution < -0.4 is 10.6 Å². The maximum absolute atomic E-state index is 5.45. The Bertz CT molecular complexity index is 742. The summed E-state index contributed by atoms with van der Waals surface area (Å²) in [6.45, 7) is 8.99. The van der Waals surface area contributed by atoms with Crippen LogP contribution in [0.2, 0.25) is 0 Å². The fraction of sp³-hybridized carbons (Fsp3) is 0.500. The summed E-state index contributed by atoms with van der Waals surface area (Å²) in [5.74, 6) is 0.806. The smallest absolute Gasteiger partial charge is 0.191 e. The quantitative estimate of drug-likeness (QED) is 0.348. The lowest BCUT2D eigenvalue weighted by molar-refractivity contribution is 0.0341. The fourth-order valence-electron chi connectivity index (χ4n) is 3.16. The molecule has 3 rings (SSSR count). The second-order valence-electron chi connectivity index (χ2n) is 6.79. The van der Waals surface area contributed by atoms with Crippen molar-refractivity contribution in [2.75, 3.05) is 39.9 Å². The maximum Gasteiger partial charge on any atom is 0.191 e. The van der Waals surface area contributed by atoms with Gasteiger partial charge in [0.2, 0.25) is 0 Å². The molecule has 8 heteroatoms. The molecule has 154 valence electrons. The summed E-state index contributed by atoms with van der Waals surface area (Å²) < 4.78 is 7.39. The Balaban J connectivity index is 0.00000280. The third-order valence-electron chi connectivity index (χ3n) is 4.68. The normalized spacial score (nSPS) is 15.1. The molecule has 0 aliphatic carbocycles. The van der Waals surface area contributed by atoms with Crippen molar-refractivity contribution in [3.8, 4) is 0 Å². The molecule has 1 aromatic carbocycles. The lowest BCUT2D eigenvalue weighted by atomic mass is 10.1. The average Bonchev–Trinajstić information content (AvgIpc) is 3.11. The second-order valence-corrected chi connectivity index (χ2v) is 6.79. The van der Waals surface area contributed by atoms with Gasteiger partial charge in [-0.05, 0) is 23.6 Å². The van der Waals surface area contributed by atoms with E-state index in [4.69, 9.17) is 4.74 Å². The number of benzene rings is 1. The first kappa shape index (κ1) is 22.6. The third-order valence-corrected chi connectivity index (χ3v) is 4.68. The Labute approximate surface area is 184 Å².